The van der Waals surface area contributed by atoms with Crippen molar-refractivity contribution in [2.24, 2.45) is 0 Å². The number of carbonyl (C=O) groups is 1. The van der Waals surface area contributed by atoms with Crippen LogP contribution in [0.4, 0.5) is 16.2 Å². The van der Waals surface area contributed by atoms with Crippen molar-refractivity contribution < 1.29 is 9.53 Å². The molecule has 1 fully saturated rings. The van der Waals surface area contributed by atoms with Crippen molar-refractivity contribution in [2.45, 2.75) is 38.6 Å². The molecule has 6 heteroatoms. The number of rotatable bonds is 8. The van der Waals surface area contributed by atoms with E-state index in [0.717, 1.165) is 58.5 Å². The molecule has 0 saturated heterocycles. The Kier molecular flexibility index (Phi) is 6.62. The van der Waals surface area contributed by atoms with E-state index in [0.29, 0.717) is 19.2 Å². The largest absolute Gasteiger partial charge is 0.494 e. The van der Waals surface area contributed by atoms with Gasteiger partial charge in [0.2, 0.25) is 0 Å². The first-order chi connectivity index (χ1) is 17.1. The lowest BCUT2D eigenvalue weighted by atomic mass is 9.92. The van der Waals surface area contributed by atoms with Gasteiger partial charge in [-0.15, -0.1) is 0 Å². The summed E-state index contributed by atoms with van der Waals surface area (Å²) in [6.07, 6.45) is 4.35. The fourth-order valence-corrected chi connectivity index (χ4v) is 4.75. The zero-order valence-corrected chi connectivity index (χ0v) is 20.1. The number of nitrogens with one attached hydrogen (secondary N) is 2. The number of ether oxygens (including phenoxy) is 1. The smallest absolute Gasteiger partial charge is 0.319 e. The van der Waals surface area contributed by atoms with Crippen LogP contribution >= 0.6 is 0 Å². The summed E-state index contributed by atoms with van der Waals surface area (Å²) in [6, 6.07) is 24.5. The summed E-state index contributed by atoms with van der Waals surface area (Å²) in [5, 5.41) is 6.87. The molecule has 35 heavy (non-hydrogen) atoms. The maximum Gasteiger partial charge on any atom is 0.319 e. The van der Waals surface area contributed by atoms with Crippen LogP contribution in [0.1, 0.15) is 37.8 Å². The number of aromatic nitrogens is 1. The predicted molar refractivity (Wildman–Crippen MR) is 143 cm³/mol. The Labute approximate surface area is 206 Å². The lowest BCUT2D eigenvalue weighted by Crippen LogP contribution is -2.30. The third-order valence-electron chi connectivity index (χ3n) is 6.72. The Hall–Kier alpha value is -3.93. The number of amides is 2. The summed E-state index contributed by atoms with van der Waals surface area (Å²) in [5.74, 6) is 0.835. The number of nitrogens with two attached hydrogens (primary N) is 1. The molecule has 3 aromatic carbocycles. The maximum absolute atomic E-state index is 12.3. The first-order valence-electron chi connectivity index (χ1n) is 12.4. The molecule has 0 aliphatic heterocycles. The normalized spacial score (nSPS) is 13.4. The molecular formula is C29H32N4O2. The Balaban J connectivity index is 1.33. The number of nitrogens with zero attached hydrogens (tertiary/aromatic N) is 1. The SMILES string of the molecule is CCOc1ccc2c(c1)c(N)c(-c1ccc(NC(=O)NCCc3ccccc3)cc1)n2C1CCC1. The molecular weight excluding hydrogens is 436 g/mol. The predicted octanol–water partition coefficient (Wildman–Crippen LogP) is 6.38. The molecule has 0 bridgehead atoms. The molecule has 0 radical (unpaired) electrons. The topological polar surface area (TPSA) is 81.3 Å². The van der Waals surface area contributed by atoms with Crippen molar-refractivity contribution in [1.29, 1.82) is 0 Å². The zero-order valence-electron chi connectivity index (χ0n) is 20.1. The van der Waals surface area contributed by atoms with Crippen molar-refractivity contribution in [3.8, 4) is 17.0 Å². The number of carbonyl (C=O) groups excluding carboxylic acids is 1. The van der Waals surface area contributed by atoms with Gasteiger partial charge in [0.1, 0.15) is 5.75 Å². The van der Waals surface area contributed by atoms with E-state index >= 15 is 0 Å². The van der Waals surface area contributed by atoms with Gasteiger partial charge in [-0.1, -0.05) is 42.5 Å². The Bertz CT molecular complexity index is 1310. The van der Waals surface area contributed by atoms with Crippen LogP contribution in [0.15, 0.2) is 72.8 Å². The summed E-state index contributed by atoms with van der Waals surface area (Å²) >= 11 is 0. The van der Waals surface area contributed by atoms with Crippen LogP contribution in [0.5, 0.6) is 5.75 Å². The van der Waals surface area contributed by atoms with Crippen molar-refractivity contribution in [3.63, 3.8) is 0 Å². The first kappa shape index (κ1) is 22.8. The maximum atomic E-state index is 12.3. The lowest BCUT2D eigenvalue weighted by molar-refractivity contribution is 0.252. The fourth-order valence-electron chi connectivity index (χ4n) is 4.75. The van der Waals surface area contributed by atoms with Crippen molar-refractivity contribution in [3.05, 3.63) is 78.4 Å². The number of fused-ring (bicyclic) bond motifs is 1. The second-order valence-corrected chi connectivity index (χ2v) is 9.02. The van der Waals surface area contributed by atoms with E-state index in [1.807, 2.05) is 61.5 Å². The molecule has 2 amide bonds. The van der Waals surface area contributed by atoms with Crippen LogP contribution in [-0.2, 0) is 6.42 Å². The average Bonchev–Trinajstić information content (AvgIpc) is 3.11. The summed E-state index contributed by atoms with van der Waals surface area (Å²) < 4.78 is 8.11. The minimum Gasteiger partial charge on any atom is -0.494 e. The lowest BCUT2D eigenvalue weighted by Gasteiger charge is -2.30. The highest BCUT2D eigenvalue weighted by atomic mass is 16.5. The van der Waals surface area contributed by atoms with Crippen LogP contribution in [0.2, 0.25) is 0 Å². The molecule has 1 saturated carbocycles. The summed E-state index contributed by atoms with van der Waals surface area (Å²) in [4.78, 5) is 12.3. The van der Waals surface area contributed by atoms with Crippen LogP contribution in [0, 0.1) is 0 Å². The van der Waals surface area contributed by atoms with Gasteiger partial charge in [0.25, 0.3) is 0 Å². The van der Waals surface area contributed by atoms with Gasteiger partial charge < -0.3 is 25.7 Å². The number of nitrogen functional groups attached to an aromatic ring is 1. The number of urea groups is 1. The van der Waals surface area contributed by atoms with Crippen LogP contribution in [0.3, 0.4) is 0 Å². The van der Waals surface area contributed by atoms with E-state index in [4.69, 9.17) is 10.5 Å². The van der Waals surface area contributed by atoms with Crippen LogP contribution in [0.25, 0.3) is 22.2 Å². The second kappa shape index (κ2) is 10.1. The Morgan fingerprint density at radius 3 is 2.51 bits per heavy atom. The van der Waals surface area contributed by atoms with E-state index in [9.17, 15) is 4.79 Å². The highest BCUT2D eigenvalue weighted by Gasteiger charge is 2.27. The van der Waals surface area contributed by atoms with E-state index < -0.39 is 0 Å². The van der Waals surface area contributed by atoms with E-state index in [2.05, 4.69) is 33.4 Å². The third-order valence-corrected chi connectivity index (χ3v) is 6.72. The molecule has 0 atom stereocenters. The van der Waals surface area contributed by atoms with Crippen molar-refractivity contribution in [1.82, 2.24) is 9.88 Å². The van der Waals surface area contributed by atoms with Gasteiger partial charge in [0, 0.05) is 29.2 Å². The molecule has 6 nitrogen and oxygen atoms in total. The van der Waals surface area contributed by atoms with Gasteiger partial charge in [-0.05, 0) is 68.5 Å². The molecule has 5 rings (SSSR count). The number of benzene rings is 3. The fraction of sp³-hybridized carbons (Fsp3) is 0.276. The zero-order chi connectivity index (χ0) is 24.2. The molecule has 0 unspecified atom stereocenters. The summed E-state index contributed by atoms with van der Waals surface area (Å²) in [7, 11) is 0. The highest BCUT2D eigenvalue weighted by Crippen LogP contribution is 2.44. The van der Waals surface area contributed by atoms with E-state index in [1.54, 1.807) is 0 Å². The van der Waals surface area contributed by atoms with E-state index in [1.165, 1.54) is 12.0 Å². The monoisotopic (exact) mass is 468 g/mol. The third kappa shape index (κ3) is 4.83. The van der Waals surface area contributed by atoms with Gasteiger partial charge >= 0.3 is 6.03 Å². The number of anilines is 2. The number of hydrogen-bond acceptors (Lipinski definition) is 3. The van der Waals surface area contributed by atoms with Crippen molar-refractivity contribution in [2.75, 3.05) is 24.2 Å². The average molecular weight is 469 g/mol. The van der Waals surface area contributed by atoms with E-state index in [-0.39, 0.29) is 6.03 Å². The second-order valence-electron chi connectivity index (χ2n) is 9.02. The molecule has 4 aromatic rings. The standard InChI is InChI=1S/C29H32N4O2/c1-2-35-24-15-16-26-25(19-24)27(30)28(33(26)23-9-6-10-23)21-11-13-22(14-12-21)32-29(34)31-18-17-20-7-4-3-5-8-20/h3-5,7-8,11-16,19,23H,2,6,9-10,17-18,30H2,1H3,(H2,31,32,34). The highest BCUT2D eigenvalue weighted by molar-refractivity contribution is 6.02. The minimum atomic E-state index is -0.208. The Morgan fingerprint density at radius 1 is 1.06 bits per heavy atom. The molecule has 4 N–H and O–H groups in total. The quantitative estimate of drug-likeness (QED) is 0.281. The molecule has 1 aliphatic carbocycles. The molecule has 1 heterocycles. The van der Waals surface area contributed by atoms with Gasteiger partial charge in [-0.25, -0.2) is 4.79 Å². The minimum absolute atomic E-state index is 0.208. The molecule has 180 valence electrons. The summed E-state index contributed by atoms with van der Waals surface area (Å²) in [6.45, 7) is 3.18. The van der Waals surface area contributed by atoms with Gasteiger partial charge in [0.15, 0.2) is 0 Å². The Morgan fingerprint density at radius 2 is 1.83 bits per heavy atom. The molecule has 0 spiro atoms. The van der Waals surface area contributed by atoms with Crippen molar-refractivity contribution >= 4 is 28.3 Å². The van der Waals surface area contributed by atoms with Gasteiger partial charge in [-0.3, -0.25) is 0 Å². The van der Waals surface area contributed by atoms with Gasteiger partial charge in [-0.2, -0.15) is 0 Å². The van der Waals surface area contributed by atoms with Gasteiger partial charge in [0.05, 0.1) is 23.5 Å². The molecule has 1 aliphatic rings. The molecule has 1 aromatic heterocycles. The van der Waals surface area contributed by atoms with Crippen LogP contribution < -0.4 is 21.1 Å². The summed E-state index contributed by atoms with van der Waals surface area (Å²) in [5.41, 5.74) is 12.7. The first-order valence-corrected chi connectivity index (χ1v) is 12.4. The van der Waals surface area contributed by atoms with Crippen LogP contribution in [-0.4, -0.2) is 23.7 Å². The number of hydrogen-bond donors (Lipinski definition) is 3.